The van der Waals surface area contributed by atoms with E-state index >= 15 is 0 Å². The van der Waals surface area contributed by atoms with E-state index in [0.717, 1.165) is 36.5 Å². The third-order valence-corrected chi connectivity index (χ3v) is 3.88. The number of hydrogen-bond acceptors (Lipinski definition) is 3. The quantitative estimate of drug-likeness (QED) is 0.821. The first-order valence-corrected chi connectivity index (χ1v) is 6.37. The van der Waals surface area contributed by atoms with Gasteiger partial charge in [-0.05, 0) is 24.3 Å². The third-order valence-electron chi connectivity index (χ3n) is 3.88. The van der Waals surface area contributed by atoms with Crippen LogP contribution in [-0.2, 0) is 0 Å². The smallest absolute Gasteiger partial charge is 0.183 e. The summed E-state index contributed by atoms with van der Waals surface area (Å²) in [6, 6.07) is 7.68. The predicted octanol–water partition coefficient (Wildman–Crippen LogP) is 2.69. The summed E-state index contributed by atoms with van der Waals surface area (Å²) in [6.07, 6.45) is 7.17. The summed E-state index contributed by atoms with van der Waals surface area (Å²) in [7, 11) is 0. The van der Waals surface area contributed by atoms with Crippen molar-refractivity contribution in [2.75, 3.05) is 0 Å². The Morgan fingerprint density at radius 3 is 2.78 bits per heavy atom. The van der Waals surface area contributed by atoms with Crippen molar-refractivity contribution in [1.82, 2.24) is 4.98 Å². The zero-order chi connectivity index (χ0) is 12.6. The average molecular weight is 240 g/mol. The molecule has 1 aliphatic rings. The highest BCUT2D eigenvalue weighted by Crippen LogP contribution is 2.32. The minimum atomic E-state index is -0.663. The van der Waals surface area contributed by atoms with E-state index in [9.17, 15) is 4.79 Å². The molecule has 0 unspecified atom stereocenters. The summed E-state index contributed by atoms with van der Waals surface area (Å²) >= 11 is 0. The van der Waals surface area contributed by atoms with Crippen LogP contribution in [0.25, 0.3) is 10.8 Å². The summed E-state index contributed by atoms with van der Waals surface area (Å²) in [5.74, 6) is 0.0681. The first kappa shape index (κ1) is 11.4. The number of aromatic nitrogens is 1. The normalized spacial score (nSPS) is 18.1. The van der Waals surface area contributed by atoms with Gasteiger partial charge in [-0.1, -0.05) is 31.0 Å². The molecule has 0 amide bonds. The zero-order valence-corrected chi connectivity index (χ0v) is 10.2. The fourth-order valence-electron chi connectivity index (χ4n) is 2.81. The molecule has 0 aliphatic heterocycles. The lowest BCUT2D eigenvalue weighted by molar-refractivity contribution is 0.0894. The number of carbonyl (C=O) groups excluding carboxylic acids is 1. The Kier molecular flexibility index (Phi) is 2.63. The van der Waals surface area contributed by atoms with Crippen molar-refractivity contribution < 1.29 is 4.79 Å². The molecule has 1 aromatic heterocycles. The van der Waals surface area contributed by atoms with Crippen LogP contribution in [0.2, 0.25) is 0 Å². The molecule has 1 aromatic carbocycles. The van der Waals surface area contributed by atoms with E-state index < -0.39 is 5.54 Å². The van der Waals surface area contributed by atoms with Crippen molar-refractivity contribution in [3.05, 3.63) is 42.2 Å². The topological polar surface area (TPSA) is 56.0 Å². The molecule has 0 saturated heterocycles. The van der Waals surface area contributed by atoms with Gasteiger partial charge in [0.25, 0.3) is 0 Å². The molecule has 92 valence electrons. The monoisotopic (exact) mass is 240 g/mol. The Bertz CT molecular complexity index is 595. The lowest BCUT2D eigenvalue weighted by Gasteiger charge is -2.22. The van der Waals surface area contributed by atoms with E-state index in [1.54, 1.807) is 12.4 Å². The SMILES string of the molecule is NC1(C(=O)c2cccc3ccncc23)CCCC1. The summed E-state index contributed by atoms with van der Waals surface area (Å²) in [4.78, 5) is 16.7. The van der Waals surface area contributed by atoms with Crippen molar-refractivity contribution in [3.63, 3.8) is 0 Å². The van der Waals surface area contributed by atoms with Gasteiger partial charge in [-0.25, -0.2) is 0 Å². The highest BCUT2D eigenvalue weighted by Gasteiger charge is 2.37. The number of ketones is 1. The van der Waals surface area contributed by atoms with Crippen LogP contribution in [0.15, 0.2) is 36.7 Å². The van der Waals surface area contributed by atoms with Crippen LogP contribution in [0.5, 0.6) is 0 Å². The Labute approximate surface area is 106 Å². The van der Waals surface area contributed by atoms with Crippen molar-refractivity contribution in [3.8, 4) is 0 Å². The Balaban J connectivity index is 2.12. The van der Waals surface area contributed by atoms with Gasteiger partial charge in [0.1, 0.15) is 0 Å². The average Bonchev–Trinajstić information content (AvgIpc) is 2.85. The molecule has 2 aromatic rings. The van der Waals surface area contributed by atoms with Crippen molar-refractivity contribution in [2.45, 2.75) is 31.2 Å². The highest BCUT2D eigenvalue weighted by atomic mass is 16.1. The molecule has 1 saturated carbocycles. The van der Waals surface area contributed by atoms with Crippen LogP contribution in [-0.4, -0.2) is 16.3 Å². The highest BCUT2D eigenvalue weighted by molar-refractivity contribution is 6.12. The Morgan fingerprint density at radius 1 is 1.22 bits per heavy atom. The van der Waals surface area contributed by atoms with Crippen LogP contribution in [0.1, 0.15) is 36.0 Å². The first-order valence-electron chi connectivity index (χ1n) is 6.37. The van der Waals surface area contributed by atoms with E-state index in [1.807, 2.05) is 24.3 Å². The Morgan fingerprint density at radius 2 is 2.00 bits per heavy atom. The molecule has 3 nitrogen and oxygen atoms in total. The predicted molar refractivity (Wildman–Crippen MR) is 71.5 cm³/mol. The lowest BCUT2D eigenvalue weighted by Crippen LogP contribution is -2.45. The molecule has 3 rings (SSSR count). The van der Waals surface area contributed by atoms with Crippen molar-refractivity contribution in [1.29, 1.82) is 0 Å². The second-order valence-electron chi connectivity index (χ2n) is 5.09. The van der Waals surface area contributed by atoms with Crippen LogP contribution in [0.4, 0.5) is 0 Å². The number of pyridine rings is 1. The molecule has 2 N–H and O–H groups in total. The van der Waals surface area contributed by atoms with Crippen LogP contribution >= 0.6 is 0 Å². The van der Waals surface area contributed by atoms with Crippen LogP contribution in [0, 0.1) is 0 Å². The maximum absolute atomic E-state index is 12.6. The van der Waals surface area contributed by atoms with E-state index in [0.29, 0.717) is 5.56 Å². The zero-order valence-electron chi connectivity index (χ0n) is 10.2. The molecule has 0 atom stereocenters. The van der Waals surface area contributed by atoms with Crippen LogP contribution < -0.4 is 5.73 Å². The molecule has 18 heavy (non-hydrogen) atoms. The maximum atomic E-state index is 12.6. The second kappa shape index (κ2) is 4.18. The molecule has 0 bridgehead atoms. The first-order chi connectivity index (χ1) is 8.71. The number of hydrogen-bond donors (Lipinski definition) is 1. The van der Waals surface area contributed by atoms with Gasteiger partial charge in [0, 0.05) is 23.3 Å². The van der Waals surface area contributed by atoms with Gasteiger partial charge in [-0.2, -0.15) is 0 Å². The fourth-order valence-corrected chi connectivity index (χ4v) is 2.81. The molecule has 1 fully saturated rings. The van der Waals surface area contributed by atoms with E-state index in [4.69, 9.17) is 5.73 Å². The molecule has 0 radical (unpaired) electrons. The molecule has 3 heteroatoms. The van der Waals surface area contributed by atoms with E-state index in [1.165, 1.54) is 0 Å². The van der Waals surface area contributed by atoms with Gasteiger partial charge in [0.05, 0.1) is 5.54 Å². The summed E-state index contributed by atoms with van der Waals surface area (Å²) in [5.41, 5.74) is 6.31. The number of nitrogens with two attached hydrogens (primary N) is 1. The van der Waals surface area contributed by atoms with Gasteiger partial charge in [0.2, 0.25) is 0 Å². The van der Waals surface area contributed by atoms with Gasteiger partial charge >= 0.3 is 0 Å². The summed E-state index contributed by atoms with van der Waals surface area (Å²) in [6.45, 7) is 0. The summed E-state index contributed by atoms with van der Waals surface area (Å²) in [5, 5.41) is 1.94. The van der Waals surface area contributed by atoms with Crippen LogP contribution in [0.3, 0.4) is 0 Å². The Hall–Kier alpha value is -1.74. The van der Waals surface area contributed by atoms with Gasteiger partial charge < -0.3 is 5.73 Å². The number of rotatable bonds is 2. The van der Waals surface area contributed by atoms with Gasteiger partial charge in [-0.3, -0.25) is 9.78 Å². The molecular formula is C15H16N2O. The molecular weight excluding hydrogens is 224 g/mol. The minimum Gasteiger partial charge on any atom is -0.319 e. The van der Waals surface area contributed by atoms with E-state index in [2.05, 4.69) is 4.98 Å². The number of fused-ring (bicyclic) bond motifs is 1. The van der Waals surface area contributed by atoms with Gasteiger partial charge in [0.15, 0.2) is 5.78 Å². The number of carbonyl (C=O) groups is 1. The molecule has 0 spiro atoms. The van der Waals surface area contributed by atoms with Crippen molar-refractivity contribution >= 4 is 16.6 Å². The largest absolute Gasteiger partial charge is 0.319 e. The van der Waals surface area contributed by atoms with Crippen molar-refractivity contribution in [2.24, 2.45) is 5.73 Å². The van der Waals surface area contributed by atoms with Gasteiger partial charge in [-0.15, -0.1) is 0 Å². The number of nitrogens with zero attached hydrogens (tertiary/aromatic N) is 1. The fraction of sp³-hybridized carbons (Fsp3) is 0.333. The second-order valence-corrected chi connectivity index (χ2v) is 5.09. The number of Topliss-reactive ketones (excluding diaryl/α,β-unsaturated/α-hetero) is 1. The summed E-state index contributed by atoms with van der Waals surface area (Å²) < 4.78 is 0. The number of benzene rings is 1. The van der Waals surface area contributed by atoms with E-state index in [-0.39, 0.29) is 5.78 Å². The molecule has 1 heterocycles. The molecule has 1 aliphatic carbocycles. The maximum Gasteiger partial charge on any atom is 0.183 e. The standard InChI is InChI=1S/C15H16N2O/c16-15(7-1-2-8-15)14(18)12-5-3-4-11-6-9-17-10-13(11)12/h3-6,9-10H,1-2,7-8,16H2. The third kappa shape index (κ3) is 1.71. The minimum absolute atomic E-state index is 0.0681. The lowest BCUT2D eigenvalue weighted by atomic mass is 9.87.